The van der Waals surface area contributed by atoms with Gasteiger partial charge in [-0.2, -0.15) is 0 Å². The summed E-state index contributed by atoms with van der Waals surface area (Å²) in [6.07, 6.45) is 4.96. The minimum atomic E-state index is 0.129. The average molecular weight is 327 g/mol. The van der Waals surface area contributed by atoms with Gasteiger partial charge in [-0.05, 0) is 61.7 Å². The van der Waals surface area contributed by atoms with Crippen molar-refractivity contribution in [3.05, 3.63) is 41.2 Å². The number of nitrogens with zero attached hydrogens (tertiary/aromatic N) is 5. The molecule has 4 rings (SSSR count). The molecule has 2 fully saturated rings. The summed E-state index contributed by atoms with van der Waals surface area (Å²) in [4.78, 5) is 2.50. The molecule has 128 valence electrons. The molecule has 6 heteroatoms. The van der Waals surface area contributed by atoms with Gasteiger partial charge in [0.1, 0.15) is 0 Å². The lowest BCUT2D eigenvalue weighted by atomic mass is 10.0. The maximum absolute atomic E-state index is 5.78. The van der Waals surface area contributed by atoms with Gasteiger partial charge in [0, 0.05) is 6.61 Å². The van der Waals surface area contributed by atoms with Crippen LogP contribution in [0.3, 0.4) is 0 Å². The van der Waals surface area contributed by atoms with Gasteiger partial charge in [0.25, 0.3) is 0 Å². The summed E-state index contributed by atoms with van der Waals surface area (Å²) < 4.78 is 7.74. The number of hydrogen-bond donors (Lipinski definition) is 0. The van der Waals surface area contributed by atoms with Crippen molar-refractivity contribution in [2.24, 2.45) is 0 Å². The van der Waals surface area contributed by atoms with Crippen LogP contribution in [-0.2, 0) is 11.3 Å². The van der Waals surface area contributed by atoms with Crippen molar-refractivity contribution in [1.29, 1.82) is 0 Å². The summed E-state index contributed by atoms with van der Waals surface area (Å²) in [6.45, 7) is 5.93. The van der Waals surface area contributed by atoms with Crippen molar-refractivity contribution in [3.63, 3.8) is 0 Å². The molecule has 2 saturated heterocycles. The minimum absolute atomic E-state index is 0.129. The molecule has 2 unspecified atom stereocenters. The van der Waals surface area contributed by atoms with Crippen molar-refractivity contribution in [2.75, 3.05) is 19.7 Å². The van der Waals surface area contributed by atoms with Gasteiger partial charge in [-0.25, -0.2) is 4.68 Å². The van der Waals surface area contributed by atoms with E-state index in [0.717, 1.165) is 44.9 Å². The molecule has 1 aromatic carbocycles. The Morgan fingerprint density at radius 2 is 1.96 bits per heavy atom. The van der Waals surface area contributed by atoms with Gasteiger partial charge in [0.15, 0.2) is 5.82 Å². The Morgan fingerprint density at radius 1 is 1.17 bits per heavy atom. The molecule has 6 nitrogen and oxygen atoms in total. The van der Waals surface area contributed by atoms with Crippen molar-refractivity contribution >= 4 is 0 Å². The van der Waals surface area contributed by atoms with Crippen molar-refractivity contribution < 1.29 is 4.74 Å². The SMILES string of the molecule is Cc1ccc(C(c2nnnn2CC2CCCO2)N2CCCC2)cc1. The van der Waals surface area contributed by atoms with Gasteiger partial charge in [-0.1, -0.05) is 29.8 Å². The number of likely N-dealkylation sites (tertiary alicyclic amines) is 1. The molecule has 2 aliphatic rings. The van der Waals surface area contributed by atoms with Crippen LogP contribution in [0.5, 0.6) is 0 Å². The minimum Gasteiger partial charge on any atom is -0.376 e. The third kappa shape index (κ3) is 3.21. The maximum Gasteiger partial charge on any atom is 0.173 e. The van der Waals surface area contributed by atoms with Crippen LogP contribution >= 0.6 is 0 Å². The number of ether oxygens (including phenoxy) is 1. The highest BCUT2D eigenvalue weighted by molar-refractivity contribution is 5.28. The lowest BCUT2D eigenvalue weighted by molar-refractivity contribution is 0.0913. The maximum atomic E-state index is 5.78. The van der Waals surface area contributed by atoms with E-state index in [4.69, 9.17) is 4.74 Å². The van der Waals surface area contributed by atoms with Crippen LogP contribution in [0.4, 0.5) is 0 Å². The van der Waals surface area contributed by atoms with E-state index in [2.05, 4.69) is 51.6 Å². The molecule has 3 heterocycles. The summed E-state index contributed by atoms with van der Waals surface area (Å²) in [5, 5.41) is 12.7. The van der Waals surface area contributed by atoms with E-state index >= 15 is 0 Å². The molecule has 0 saturated carbocycles. The molecule has 0 radical (unpaired) electrons. The summed E-state index contributed by atoms with van der Waals surface area (Å²) in [5.41, 5.74) is 2.55. The molecule has 2 atom stereocenters. The molecule has 0 amide bonds. The Bertz CT molecular complexity index is 656. The van der Waals surface area contributed by atoms with Crippen molar-refractivity contribution in [2.45, 2.75) is 51.3 Å². The molecule has 0 bridgehead atoms. The summed E-state index contributed by atoms with van der Waals surface area (Å²) in [6, 6.07) is 8.90. The summed E-state index contributed by atoms with van der Waals surface area (Å²) in [7, 11) is 0. The molecule has 0 aliphatic carbocycles. The Morgan fingerprint density at radius 3 is 2.67 bits per heavy atom. The molecule has 0 spiro atoms. The first-order valence-electron chi connectivity index (χ1n) is 8.99. The van der Waals surface area contributed by atoms with E-state index in [1.165, 1.54) is 24.0 Å². The van der Waals surface area contributed by atoms with Gasteiger partial charge >= 0.3 is 0 Å². The van der Waals surface area contributed by atoms with E-state index < -0.39 is 0 Å². The van der Waals surface area contributed by atoms with E-state index in [0.29, 0.717) is 0 Å². The Balaban J connectivity index is 1.65. The van der Waals surface area contributed by atoms with Crippen LogP contribution in [0.25, 0.3) is 0 Å². The smallest absolute Gasteiger partial charge is 0.173 e. The first-order valence-corrected chi connectivity index (χ1v) is 8.99. The molecule has 0 N–H and O–H groups in total. The Kier molecular flexibility index (Phi) is 4.58. The first-order chi connectivity index (χ1) is 11.8. The fourth-order valence-corrected chi connectivity index (χ4v) is 3.79. The fourth-order valence-electron chi connectivity index (χ4n) is 3.79. The predicted molar refractivity (Wildman–Crippen MR) is 90.6 cm³/mol. The zero-order chi connectivity index (χ0) is 16.4. The monoisotopic (exact) mass is 327 g/mol. The van der Waals surface area contributed by atoms with Gasteiger partial charge in [-0.15, -0.1) is 5.10 Å². The predicted octanol–water partition coefficient (Wildman–Crippen LogP) is 2.35. The molecule has 2 aromatic rings. The third-order valence-corrected chi connectivity index (χ3v) is 5.10. The van der Waals surface area contributed by atoms with Gasteiger partial charge in [-0.3, -0.25) is 4.90 Å². The number of tetrazole rings is 1. The van der Waals surface area contributed by atoms with E-state index in [1.807, 2.05) is 4.68 Å². The largest absolute Gasteiger partial charge is 0.376 e. The average Bonchev–Trinajstić information content (AvgIpc) is 3.34. The van der Waals surface area contributed by atoms with Crippen LogP contribution in [-0.4, -0.2) is 50.9 Å². The highest BCUT2D eigenvalue weighted by Crippen LogP contribution is 2.30. The summed E-state index contributed by atoms with van der Waals surface area (Å²) in [5.74, 6) is 0.941. The number of aromatic nitrogens is 4. The number of rotatable bonds is 5. The fraction of sp³-hybridized carbons (Fsp3) is 0.611. The molecular weight excluding hydrogens is 302 g/mol. The third-order valence-electron chi connectivity index (χ3n) is 5.10. The van der Waals surface area contributed by atoms with Crippen LogP contribution in [0.15, 0.2) is 24.3 Å². The van der Waals surface area contributed by atoms with E-state index in [-0.39, 0.29) is 12.1 Å². The Hall–Kier alpha value is -1.79. The van der Waals surface area contributed by atoms with Gasteiger partial charge in [0.05, 0.1) is 18.7 Å². The van der Waals surface area contributed by atoms with E-state index in [1.54, 1.807) is 0 Å². The van der Waals surface area contributed by atoms with Crippen LogP contribution in [0.2, 0.25) is 0 Å². The zero-order valence-corrected chi connectivity index (χ0v) is 14.3. The quantitative estimate of drug-likeness (QED) is 0.844. The van der Waals surface area contributed by atoms with Crippen molar-refractivity contribution in [1.82, 2.24) is 25.1 Å². The van der Waals surface area contributed by atoms with Crippen LogP contribution in [0.1, 0.15) is 48.7 Å². The topological polar surface area (TPSA) is 56.1 Å². The molecule has 1 aromatic heterocycles. The lowest BCUT2D eigenvalue weighted by Gasteiger charge is -2.27. The van der Waals surface area contributed by atoms with Crippen LogP contribution in [0, 0.1) is 6.92 Å². The second-order valence-corrected chi connectivity index (χ2v) is 6.91. The van der Waals surface area contributed by atoms with Gasteiger partial charge in [0.2, 0.25) is 0 Å². The highest BCUT2D eigenvalue weighted by atomic mass is 16.5. The normalized spacial score (nSPS) is 23.0. The Labute approximate surface area is 142 Å². The lowest BCUT2D eigenvalue weighted by Crippen LogP contribution is -2.30. The second-order valence-electron chi connectivity index (χ2n) is 6.91. The molecule has 24 heavy (non-hydrogen) atoms. The zero-order valence-electron chi connectivity index (χ0n) is 14.3. The first kappa shape index (κ1) is 15.7. The molecule has 2 aliphatic heterocycles. The van der Waals surface area contributed by atoms with Crippen LogP contribution < -0.4 is 0 Å². The second kappa shape index (κ2) is 6.99. The summed E-state index contributed by atoms with van der Waals surface area (Å²) >= 11 is 0. The standard InChI is InChI=1S/C18H25N5O/c1-14-6-8-15(9-7-14)17(22-10-2-3-11-22)18-19-20-21-23(18)13-16-5-4-12-24-16/h6-9,16-17H,2-5,10-13H2,1H3. The van der Waals surface area contributed by atoms with Crippen molar-refractivity contribution in [3.8, 4) is 0 Å². The number of hydrogen-bond acceptors (Lipinski definition) is 5. The highest BCUT2D eigenvalue weighted by Gasteiger charge is 2.30. The van der Waals surface area contributed by atoms with E-state index in [9.17, 15) is 0 Å². The number of aryl methyl sites for hydroxylation is 1. The number of benzene rings is 1. The molecular formula is C18H25N5O. The van der Waals surface area contributed by atoms with Gasteiger partial charge < -0.3 is 4.74 Å².